The fourth-order valence-corrected chi connectivity index (χ4v) is 3.12. The minimum Gasteiger partial charge on any atom is -0.367 e. The molecule has 1 aromatic carbocycles. The maximum Gasteiger partial charge on any atom is 0.169 e. The van der Waals surface area contributed by atoms with Gasteiger partial charge in [0.15, 0.2) is 5.78 Å². The van der Waals surface area contributed by atoms with Gasteiger partial charge in [-0.05, 0) is 56.4 Å². The smallest absolute Gasteiger partial charge is 0.169 e. The number of ketones is 1. The van der Waals surface area contributed by atoms with Crippen molar-refractivity contribution in [3.8, 4) is 0 Å². The second kappa shape index (κ2) is 6.25. The van der Waals surface area contributed by atoms with E-state index in [4.69, 9.17) is 27.9 Å². The highest BCUT2D eigenvalue weighted by molar-refractivity contribution is 6.33. The summed E-state index contributed by atoms with van der Waals surface area (Å²) < 4.78 is 5.77. The summed E-state index contributed by atoms with van der Waals surface area (Å²) in [5.41, 5.74) is 0.186. The van der Waals surface area contributed by atoms with Crippen molar-refractivity contribution in [3.63, 3.8) is 0 Å². The number of rotatable bonds is 5. The van der Waals surface area contributed by atoms with Crippen LogP contribution < -0.4 is 0 Å². The number of halogens is 2. The van der Waals surface area contributed by atoms with Gasteiger partial charge in [0.1, 0.15) is 5.60 Å². The first-order valence-corrected chi connectivity index (χ1v) is 7.44. The molecule has 1 aliphatic rings. The molecule has 1 saturated carbocycles. The molecule has 0 aliphatic heterocycles. The Balaban J connectivity index is 2.17. The number of hydrogen-bond donors (Lipinski definition) is 0. The number of benzene rings is 1. The zero-order valence-electron chi connectivity index (χ0n) is 11.0. The highest BCUT2D eigenvalue weighted by Gasteiger charge is 2.41. The second-order valence-electron chi connectivity index (χ2n) is 4.97. The molecule has 1 aliphatic carbocycles. The minimum atomic E-state index is -0.597. The fraction of sp³-hybridized carbons (Fsp3) is 0.533. The number of hydrogen-bond acceptors (Lipinski definition) is 2. The molecule has 0 unspecified atom stereocenters. The van der Waals surface area contributed by atoms with Crippen molar-refractivity contribution in [2.45, 2.75) is 44.6 Å². The van der Waals surface area contributed by atoms with Crippen molar-refractivity contribution in [3.05, 3.63) is 33.8 Å². The summed E-state index contributed by atoms with van der Waals surface area (Å²) >= 11 is 12.1. The molecule has 0 spiro atoms. The molecule has 104 valence electrons. The van der Waals surface area contributed by atoms with Crippen LogP contribution in [0.3, 0.4) is 0 Å². The highest BCUT2D eigenvalue weighted by atomic mass is 35.5. The molecular weight excluding hydrogens is 283 g/mol. The van der Waals surface area contributed by atoms with Crippen molar-refractivity contribution in [2.75, 3.05) is 6.61 Å². The first-order chi connectivity index (χ1) is 9.07. The maximum atomic E-state index is 12.6. The van der Waals surface area contributed by atoms with E-state index in [1.54, 1.807) is 18.2 Å². The van der Waals surface area contributed by atoms with Gasteiger partial charge in [-0.2, -0.15) is 0 Å². The van der Waals surface area contributed by atoms with Gasteiger partial charge in [0.25, 0.3) is 0 Å². The van der Waals surface area contributed by atoms with Gasteiger partial charge >= 0.3 is 0 Å². The van der Waals surface area contributed by atoms with Gasteiger partial charge in [-0.1, -0.05) is 23.2 Å². The van der Waals surface area contributed by atoms with E-state index < -0.39 is 5.60 Å². The molecule has 1 aromatic rings. The normalized spacial score (nSPS) is 17.6. The van der Waals surface area contributed by atoms with Crippen LogP contribution in [0.2, 0.25) is 10.0 Å². The molecule has 0 aromatic heterocycles. The minimum absolute atomic E-state index is 0.121. The Kier molecular flexibility index (Phi) is 4.88. The van der Waals surface area contributed by atoms with Gasteiger partial charge in [0.05, 0.1) is 0 Å². The standard InChI is InChI=1S/C15H18Cl2O2/c1-2-19-15(7-3-4-8-15)14(18)10-11-9-12(16)5-6-13(11)17/h5-6,9H,2-4,7-8,10H2,1H3. The summed E-state index contributed by atoms with van der Waals surface area (Å²) in [6, 6.07) is 5.22. The van der Waals surface area contributed by atoms with Crippen LogP contribution in [0.5, 0.6) is 0 Å². The molecule has 2 nitrogen and oxygen atoms in total. The van der Waals surface area contributed by atoms with Gasteiger partial charge in [0.2, 0.25) is 0 Å². The predicted molar refractivity (Wildman–Crippen MR) is 78.0 cm³/mol. The van der Waals surface area contributed by atoms with Gasteiger partial charge in [-0.15, -0.1) is 0 Å². The maximum absolute atomic E-state index is 12.6. The lowest BCUT2D eigenvalue weighted by Gasteiger charge is -2.27. The topological polar surface area (TPSA) is 26.3 Å². The van der Waals surface area contributed by atoms with Crippen molar-refractivity contribution in [1.29, 1.82) is 0 Å². The van der Waals surface area contributed by atoms with E-state index in [1.807, 2.05) is 6.92 Å². The molecule has 0 heterocycles. The molecule has 0 amide bonds. The van der Waals surface area contributed by atoms with Crippen LogP contribution in [0.15, 0.2) is 18.2 Å². The summed E-state index contributed by atoms with van der Waals surface area (Å²) in [4.78, 5) is 12.6. The lowest BCUT2D eigenvalue weighted by molar-refractivity contribution is -0.142. The van der Waals surface area contributed by atoms with E-state index in [0.29, 0.717) is 23.1 Å². The van der Waals surface area contributed by atoms with Crippen LogP contribution in [-0.2, 0) is 16.0 Å². The number of carbonyl (C=O) groups excluding carboxylic acids is 1. The summed E-state index contributed by atoms with van der Waals surface area (Å²) in [5, 5.41) is 1.19. The average molecular weight is 301 g/mol. The monoisotopic (exact) mass is 300 g/mol. The third-order valence-corrected chi connectivity index (χ3v) is 4.30. The zero-order chi connectivity index (χ0) is 13.9. The lowest BCUT2D eigenvalue weighted by Crippen LogP contribution is -2.40. The van der Waals surface area contributed by atoms with Crippen molar-refractivity contribution >= 4 is 29.0 Å². The Morgan fingerprint density at radius 1 is 1.32 bits per heavy atom. The van der Waals surface area contributed by atoms with Crippen LogP contribution in [0.4, 0.5) is 0 Å². The predicted octanol–water partition coefficient (Wildman–Crippen LogP) is 4.45. The molecule has 19 heavy (non-hydrogen) atoms. The number of carbonyl (C=O) groups is 1. The van der Waals surface area contributed by atoms with Crippen LogP contribution in [-0.4, -0.2) is 18.0 Å². The Hall–Kier alpha value is -0.570. The van der Waals surface area contributed by atoms with Gasteiger partial charge in [-0.3, -0.25) is 4.79 Å². The van der Waals surface area contributed by atoms with Crippen molar-refractivity contribution in [2.24, 2.45) is 0 Å². The Labute approximate surface area is 124 Å². The molecule has 0 N–H and O–H groups in total. The van der Waals surface area contributed by atoms with E-state index in [1.165, 1.54) is 0 Å². The van der Waals surface area contributed by atoms with Crippen molar-refractivity contribution in [1.82, 2.24) is 0 Å². The molecular formula is C15H18Cl2O2. The van der Waals surface area contributed by atoms with E-state index in [9.17, 15) is 4.79 Å². The summed E-state index contributed by atoms with van der Waals surface area (Å²) in [6.45, 7) is 2.49. The summed E-state index contributed by atoms with van der Waals surface area (Å²) in [5.74, 6) is 0.121. The van der Waals surface area contributed by atoms with Gasteiger partial charge in [0, 0.05) is 23.1 Å². The molecule has 2 rings (SSSR count). The Bertz CT molecular complexity index is 465. The van der Waals surface area contributed by atoms with Crippen LogP contribution in [0, 0.1) is 0 Å². The number of ether oxygens (including phenoxy) is 1. The molecule has 0 atom stereocenters. The summed E-state index contributed by atoms with van der Waals surface area (Å²) in [6.07, 6.45) is 4.03. The first kappa shape index (κ1) is 14.8. The quantitative estimate of drug-likeness (QED) is 0.803. The molecule has 0 saturated heterocycles. The third kappa shape index (κ3) is 3.31. The molecule has 0 radical (unpaired) electrons. The first-order valence-electron chi connectivity index (χ1n) is 6.68. The SMILES string of the molecule is CCOC1(C(=O)Cc2cc(Cl)ccc2Cl)CCCC1. The molecule has 0 bridgehead atoms. The van der Waals surface area contributed by atoms with Crippen LogP contribution in [0.1, 0.15) is 38.2 Å². The lowest BCUT2D eigenvalue weighted by atomic mass is 9.91. The largest absolute Gasteiger partial charge is 0.367 e. The van der Waals surface area contributed by atoms with Crippen LogP contribution in [0.25, 0.3) is 0 Å². The fourth-order valence-electron chi connectivity index (χ4n) is 2.74. The van der Waals surface area contributed by atoms with E-state index >= 15 is 0 Å². The Morgan fingerprint density at radius 2 is 2.00 bits per heavy atom. The van der Waals surface area contributed by atoms with E-state index in [2.05, 4.69) is 0 Å². The molecule has 4 heteroatoms. The zero-order valence-corrected chi connectivity index (χ0v) is 12.6. The number of Topliss-reactive ketones (excluding diaryl/α,β-unsaturated/α-hetero) is 1. The Morgan fingerprint density at radius 3 is 2.63 bits per heavy atom. The summed E-state index contributed by atoms with van der Waals surface area (Å²) in [7, 11) is 0. The van der Waals surface area contributed by atoms with E-state index in [0.717, 1.165) is 31.2 Å². The molecule has 1 fully saturated rings. The third-order valence-electron chi connectivity index (χ3n) is 3.70. The van der Waals surface area contributed by atoms with Gasteiger partial charge in [-0.25, -0.2) is 0 Å². The average Bonchev–Trinajstić information content (AvgIpc) is 2.84. The second-order valence-corrected chi connectivity index (χ2v) is 5.81. The van der Waals surface area contributed by atoms with Crippen LogP contribution >= 0.6 is 23.2 Å². The van der Waals surface area contributed by atoms with E-state index in [-0.39, 0.29) is 5.78 Å². The van der Waals surface area contributed by atoms with Gasteiger partial charge < -0.3 is 4.74 Å². The van der Waals surface area contributed by atoms with Crippen molar-refractivity contribution < 1.29 is 9.53 Å². The highest BCUT2D eigenvalue weighted by Crippen LogP contribution is 2.35.